The molecule has 6 heteroatoms. The van der Waals surface area contributed by atoms with E-state index in [0.717, 1.165) is 53.4 Å². The molecule has 150 valence electrons. The number of nitrogens with one attached hydrogen (secondary N) is 2. The van der Waals surface area contributed by atoms with Gasteiger partial charge in [0, 0.05) is 25.3 Å². The van der Waals surface area contributed by atoms with Gasteiger partial charge in [0.25, 0.3) is 0 Å². The summed E-state index contributed by atoms with van der Waals surface area (Å²) in [7, 11) is 0. The molecule has 0 atom stereocenters. The average molecular weight is 382 g/mol. The Labute approximate surface area is 167 Å². The molecule has 1 aliphatic rings. The number of hydrogen-bond donors (Lipinski definition) is 3. The fraction of sp³-hybridized carbons (Fsp3) is 0.455. The fourth-order valence-corrected chi connectivity index (χ4v) is 3.70. The molecule has 0 unspecified atom stereocenters. The standard InChI is InChI=1S/C22H31N5O/c1-15(2)18-10-12-27(13-11-18)21-9-8-20(16(3)25-21)26-19-6-4-17(5-7-19)14-24-22(23)28/h4-9,15,18,26H,10-14H2,1-3H3,(H3,23,24,28). The van der Waals surface area contributed by atoms with Crippen molar-refractivity contribution in [3.63, 3.8) is 0 Å². The molecule has 0 bridgehead atoms. The molecule has 6 nitrogen and oxygen atoms in total. The van der Waals surface area contributed by atoms with Gasteiger partial charge in [0.15, 0.2) is 0 Å². The van der Waals surface area contributed by atoms with Crippen LogP contribution in [0.2, 0.25) is 0 Å². The number of benzene rings is 1. The number of anilines is 3. The van der Waals surface area contributed by atoms with E-state index < -0.39 is 6.03 Å². The summed E-state index contributed by atoms with van der Waals surface area (Å²) in [5, 5.41) is 6.01. The second kappa shape index (κ2) is 8.95. The third-order valence-corrected chi connectivity index (χ3v) is 5.58. The summed E-state index contributed by atoms with van der Waals surface area (Å²) in [4.78, 5) is 18.0. The van der Waals surface area contributed by atoms with Crippen LogP contribution in [0.3, 0.4) is 0 Å². The van der Waals surface area contributed by atoms with E-state index in [9.17, 15) is 4.79 Å². The van der Waals surface area contributed by atoms with Crippen molar-refractivity contribution in [3.8, 4) is 0 Å². The van der Waals surface area contributed by atoms with Gasteiger partial charge in [-0.1, -0.05) is 26.0 Å². The number of hydrogen-bond acceptors (Lipinski definition) is 4. The number of primary amides is 1. The smallest absolute Gasteiger partial charge is 0.312 e. The zero-order valence-corrected chi connectivity index (χ0v) is 17.0. The zero-order chi connectivity index (χ0) is 20.1. The second-order valence-electron chi connectivity index (χ2n) is 7.91. The molecule has 4 N–H and O–H groups in total. The van der Waals surface area contributed by atoms with Crippen LogP contribution in [-0.4, -0.2) is 24.1 Å². The maximum absolute atomic E-state index is 10.8. The van der Waals surface area contributed by atoms with Crippen LogP contribution in [-0.2, 0) is 6.54 Å². The van der Waals surface area contributed by atoms with E-state index in [1.165, 1.54) is 12.8 Å². The van der Waals surface area contributed by atoms with E-state index >= 15 is 0 Å². The number of aryl methyl sites for hydroxylation is 1. The maximum atomic E-state index is 10.8. The molecule has 0 spiro atoms. The first-order valence-corrected chi connectivity index (χ1v) is 10.0. The summed E-state index contributed by atoms with van der Waals surface area (Å²) in [6.07, 6.45) is 2.49. The topological polar surface area (TPSA) is 83.3 Å². The number of piperidine rings is 1. The van der Waals surface area contributed by atoms with Crippen LogP contribution >= 0.6 is 0 Å². The highest BCUT2D eigenvalue weighted by Gasteiger charge is 2.22. The molecule has 1 aliphatic heterocycles. The summed E-state index contributed by atoms with van der Waals surface area (Å²) < 4.78 is 0. The van der Waals surface area contributed by atoms with Crippen molar-refractivity contribution in [1.29, 1.82) is 0 Å². The summed E-state index contributed by atoms with van der Waals surface area (Å²) in [6.45, 7) is 9.29. The lowest BCUT2D eigenvalue weighted by Gasteiger charge is -2.34. The van der Waals surface area contributed by atoms with E-state index in [2.05, 4.69) is 41.5 Å². The first-order chi connectivity index (χ1) is 13.4. The van der Waals surface area contributed by atoms with Gasteiger partial charge in [0.1, 0.15) is 5.82 Å². The van der Waals surface area contributed by atoms with Crippen LogP contribution in [0.5, 0.6) is 0 Å². The largest absolute Gasteiger partial charge is 0.357 e. The zero-order valence-electron chi connectivity index (χ0n) is 17.0. The highest BCUT2D eigenvalue weighted by atomic mass is 16.2. The minimum Gasteiger partial charge on any atom is -0.357 e. The molecule has 3 rings (SSSR count). The molecule has 1 aromatic carbocycles. The second-order valence-corrected chi connectivity index (χ2v) is 7.91. The maximum Gasteiger partial charge on any atom is 0.312 e. The molecule has 0 aliphatic carbocycles. The summed E-state index contributed by atoms with van der Waals surface area (Å²) in [5.74, 6) is 2.67. The van der Waals surface area contributed by atoms with Gasteiger partial charge in [0.05, 0.1) is 11.4 Å². The van der Waals surface area contributed by atoms with E-state index in [1.54, 1.807) is 0 Å². The van der Waals surface area contributed by atoms with Gasteiger partial charge in [-0.2, -0.15) is 0 Å². The first-order valence-electron chi connectivity index (χ1n) is 10.0. The number of urea groups is 1. The Balaban J connectivity index is 1.61. The monoisotopic (exact) mass is 381 g/mol. The molecule has 1 aromatic heterocycles. The number of aromatic nitrogens is 1. The van der Waals surface area contributed by atoms with Crippen LogP contribution in [0.1, 0.15) is 37.9 Å². The van der Waals surface area contributed by atoms with Crippen LogP contribution in [0.4, 0.5) is 22.0 Å². The van der Waals surface area contributed by atoms with Crippen molar-refractivity contribution in [2.45, 2.75) is 40.2 Å². The highest BCUT2D eigenvalue weighted by Crippen LogP contribution is 2.28. The third-order valence-electron chi connectivity index (χ3n) is 5.58. The van der Waals surface area contributed by atoms with Gasteiger partial charge in [0.2, 0.25) is 0 Å². The van der Waals surface area contributed by atoms with Crippen molar-refractivity contribution in [2.24, 2.45) is 17.6 Å². The Hall–Kier alpha value is -2.76. The van der Waals surface area contributed by atoms with Crippen LogP contribution in [0.15, 0.2) is 36.4 Å². The summed E-state index contributed by atoms with van der Waals surface area (Å²) >= 11 is 0. The predicted octanol–water partition coefficient (Wildman–Crippen LogP) is 4.17. The van der Waals surface area contributed by atoms with E-state index in [0.29, 0.717) is 6.54 Å². The van der Waals surface area contributed by atoms with Gasteiger partial charge >= 0.3 is 6.03 Å². The summed E-state index contributed by atoms with van der Waals surface area (Å²) in [6, 6.07) is 11.6. The molecular formula is C22H31N5O. The number of amides is 2. The fourth-order valence-electron chi connectivity index (χ4n) is 3.70. The lowest BCUT2D eigenvalue weighted by molar-refractivity contribution is 0.248. The summed E-state index contributed by atoms with van der Waals surface area (Å²) in [5.41, 5.74) is 9.08. The molecule has 2 heterocycles. The van der Waals surface area contributed by atoms with Crippen molar-refractivity contribution < 1.29 is 4.79 Å². The van der Waals surface area contributed by atoms with Crippen LogP contribution in [0.25, 0.3) is 0 Å². The molecule has 0 saturated carbocycles. The van der Waals surface area contributed by atoms with Gasteiger partial charge in [-0.25, -0.2) is 9.78 Å². The number of pyridine rings is 1. The van der Waals surface area contributed by atoms with Crippen molar-refractivity contribution in [2.75, 3.05) is 23.3 Å². The van der Waals surface area contributed by atoms with Crippen molar-refractivity contribution in [1.82, 2.24) is 10.3 Å². The molecule has 28 heavy (non-hydrogen) atoms. The number of carbonyl (C=O) groups excluding carboxylic acids is 1. The molecule has 0 radical (unpaired) electrons. The van der Waals surface area contributed by atoms with Crippen LogP contribution in [0, 0.1) is 18.8 Å². The van der Waals surface area contributed by atoms with Crippen molar-refractivity contribution >= 4 is 23.2 Å². The average Bonchev–Trinajstić information content (AvgIpc) is 2.69. The lowest BCUT2D eigenvalue weighted by Crippen LogP contribution is -2.35. The quantitative estimate of drug-likeness (QED) is 0.701. The predicted molar refractivity (Wildman–Crippen MR) is 115 cm³/mol. The van der Waals surface area contributed by atoms with Crippen molar-refractivity contribution in [3.05, 3.63) is 47.7 Å². The first kappa shape index (κ1) is 20.0. The van der Waals surface area contributed by atoms with E-state index in [-0.39, 0.29) is 0 Å². The Kier molecular flexibility index (Phi) is 6.39. The molecule has 1 saturated heterocycles. The number of nitrogens with two attached hydrogens (primary N) is 1. The van der Waals surface area contributed by atoms with E-state index in [1.807, 2.05) is 31.2 Å². The minimum atomic E-state index is -0.516. The minimum absolute atomic E-state index is 0.429. The van der Waals surface area contributed by atoms with E-state index in [4.69, 9.17) is 10.7 Å². The third kappa shape index (κ3) is 5.15. The number of rotatable bonds is 6. The molecule has 1 fully saturated rings. The lowest BCUT2D eigenvalue weighted by atomic mass is 9.87. The van der Waals surface area contributed by atoms with Gasteiger partial charge in [-0.05, 0) is 61.4 Å². The molecule has 2 amide bonds. The Bertz CT molecular complexity index is 795. The molecule has 2 aromatic rings. The SMILES string of the molecule is Cc1nc(N2CCC(C(C)C)CC2)ccc1Nc1ccc(CNC(N)=O)cc1. The van der Waals surface area contributed by atoms with Gasteiger partial charge < -0.3 is 21.3 Å². The van der Waals surface area contributed by atoms with Gasteiger partial charge in [-0.15, -0.1) is 0 Å². The number of carbonyl (C=O) groups is 1. The Morgan fingerprint density at radius 1 is 1.18 bits per heavy atom. The Morgan fingerprint density at radius 2 is 1.86 bits per heavy atom. The van der Waals surface area contributed by atoms with Crippen LogP contribution < -0.4 is 21.3 Å². The van der Waals surface area contributed by atoms with Gasteiger partial charge in [-0.3, -0.25) is 0 Å². The highest BCUT2D eigenvalue weighted by molar-refractivity contribution is 5.71. The normalized spacial score (nSPS) is 14.9. The molecular weight excluding hydrogens is 350 g/mol. The number of nitrogens with zero attached hydrogens (tertiary/aromatic N) is 2. The Morgan fingerprint density at radius 3 is 2.43 bits per heavy atom.